The van der Waals surface area contributed by atoms with Gasteiger partial charge in [0.2, 0.25) is 5.79 Å². The van der Waals surface area contributed by atoms with Crippen LogP contribution in [0.25, 0.3) is 0 Å². The van der Waals surface area contributed by atoms with Crippen LogP contribution in [0, 0.1) is 11.8 Å². The second-order valence-corrected chi connectivity index (χ2v) is 13.9. The Bertz CT molecular complexity index is 672. The van der Waals surface area contributed by atoms with E-state index in [1.165, 1.54) is 0 Å². The van der Waals surface area contributed by atoms with Crippen LogP contribution in [0.4, 0.5) is 0 Å². The summed E-state index contributed by atoms with van der Waals surface area (Å²) in [6, 6.07) is 0. The second-order valence-electron chi connectivity index (χ2n) is 13.9. The monoisotopic (exact) mass is 647 g/mol. The first-order valence-corrected chi connectivity index (χ1v) is 19.0. The minimum Gasteiger partial charge on any atom is -0.345 e. The van der Waals surface area contributed by atoms with Gasteiger partial charge in [0.15, 0.2) is 0 Å². The third-order valence-corrected chi connectivity index (χ3v) is 7.90. The van der Waals surface area contributed by atoms with Crippen LogP contribution >= 0.6 is 0 Å². The fourth-order valence-corrected chi connectivity index (χ4v) is 5.09. The topological polar surface area (TPSA) is 64.6 Å². The van der Waals surface area contributed by atoms with Crippen LogP contribution in [0.15, 0.2) is 0 Å². The molecule has 0 fully saturated rings. The van der Waals surface area contributed by atoms with E-state index >= 15 is 0 Å². The van der Waals surface area contributed by atoms with Gasteiger partial charge in [-0.2, -0.15) is 0 Å². The average Bonchev–Trinajstić information content (AvgIpc) is 2.99. The van der Waals surface area contributed by atoms with Crippen molar-refractivity contribution in [3.8, 4) is 0 Å². The van der Waals surface area contributed by atoms with Crippen molar-refractivity contribution in [1.29, 1.82) is 0 Å². The zero-order chi connectivity index (χ0) is 34.2. The number of ether oxygens (including phenoxy) is 7. The van der Waals surface area contributed by atoms with Gasteiger partial charge in [-0.15, -0.1) is 0 Å². The molecule has 0 rings (SSSR count). The van der Waals surface area contributed by atoms with Crippen molar-refractivity contribution in [2.24, 2.45) is 11.8 Å². The number of hydrogen-bond donors (Lipinski definition) is 0. The van der Waals surface area contributed by atoms with Crippen molar-refractivity contribution in [3.05, 3.63) is 0 Å². The molecule has 0 amide bonds. The summed E-state index contributed by atoms with van der Waals surface area (Å²) in [4.78, 5) is 0. The molecule has 0 aromatic heterocycles. The van der Waals surface area contributed by atoms with E-state index in [1.54, 1.807) is 0 Å². The summed E-state index contributed by atoms with van der Waals surface area (Å²) in [6.45, 7) is 28.0. The van der Waals surface area contributed by atoms with Crippen molar-refractivity contribution in [3.63, 3.8) is 0 Å². The van der Waals surface area contributed by atoms with Crippen molar-refractivity contribution in [2.45, 2.75) is 203 Å². The molecule has 4 atom stereocenters. The summed E-state index contributed by atoms with van der Waals surface area (Å²) in [6.07, 6.45) is 12.7. The van der Waals surface area contributed by atoms with Crippen molar-refractivity contribution in [2.75, 3.05) is 33.0 Å². The summed E-state index contributed by atoms with van der Waals surface area (Å²) < 4.78 is 49.4. The molecule has 0 heterocycles. The molecule has 7 heteroatoms. The molecule has 0 saturated carbocycles. The van der Waals surface area contributed by atoms with Crippen LogP contribution < -0.4 is 0 Å². The quantitative estimate of drug-likeness (QED) is 0.0532. The fraction of sp³-hybridized carbons (Fsp3) is 1.00. The highest BCUT2D eigenvalue weighted by Crippen LogP contribution is 2.50. The molecule has 0 spiro atoms. The van der Waals surface area contributed by atoms with E-state index in [0.717, 1.165) is 83.5 Å². The highest BCUT2D eigenvalue weighted by Gasteiger charge is 2.73. The molecule has 0 aromatic rings. The maximum Gasteiger partial charge on any atom is 0.346 e. The van der Waals surface area contributed by atoms with E-state index in [4.69, 9.17) is 33.2 Å². The van der Waals surface area contributed by atoms with E-state index in [0.29, 0.717) is 45.4 Å². The molecule has 0 N–H and O–H groups in total. The zero-order valence-electron chi connectivity index (χ0n) is 32.1. The highest BCUT2D eigenvalue weighted by atomic mass is 16.9. The van der Waals surface area contributed by atoms with Gasteiger partial charge < -0.3 is 33.2 Å². The SMILES string of the molecule is CCCCCCOC(OCCCCC)(OCCC(C)C)C(OCC(C)C)(OC(C)CC)C(CCCC)(OCCCC)OC(C)C. The van der Waals surface area contributed by atoms with Gasteiger partial charge in [-0.3, -0.25) is 0 Å². The van der Waals surface area contributed by atoms with Gasteiger partial charge in [-0.25, -0.2) is 0 Å². The van der Waals surface area contributed by atoms with Gasteiger partial charge in [-0.1, -0.05) is 107 Å². The van der Waals surface area contributed by atoms with E-state index in [-0.39, 0.29) is 18.1 Å². The Morgan fingerprint density at radius 3 is 1.53 bits per heavy atom. The number of unbranched alkanes of at least 4 members (excludes halogenated alkanes) is 7. The molecule has 0 aliphatic heterocycles. The summed E-state index contributed by atoms with van der Waals surface area (Å²) in [7, 11) is 0. The van der Waals surface area contributed by atoms with Gasteiger partial charge in [0.05, 0.1) is 45.2 Å². The standard InChI is InChI=1S/C38H78O7/c1-13-18-22-24-29-41-38(40-28-23-19-14-2,42-30-25-32(6)7)37(43-31-33(8)9,45-35(12)17-5)36(26-20-15-3,44-34(10)11)39-27-21-16-4/h32-35H,13-31H2,1-12H3. The maximum atomic E-state index is 7.24. The summed E-state index contributed by atoms with van der Waals surface area (Å²) in [5.74, 6) is -4.08. The highest BCUT2D eigenvalue weighted by molar-refractivity contribution is 4.99. The largest absolute Gasteiger partial charge is 0.346 e. The molecule has 0 aromatic carbocycles. The van der Waals surface area contributed by atoms with Crippen LogP contribution in [0.2, 0.25) is 0 Å². The molecule has 272 valence electrons. The van der Waals surface area contributed by atoms with E-state index < -0.39 is 17.5 Å². The van der Waals surface area contributed by atoms with E-state index in [1.807, 2.05) is 0 Å². The van der Waals surface area contributed by atoms with Crippen molar-refractivity contribution < 1.29 is 33.2 Å². The molecule has 0 bridgehead atoms. The Labute approximate surface area is 280 Å². The lowest BCUT2D eigenvalue weighted by Gasteiger charge is -2.56. The lowest BCUT2D eigenvalue weighted by molar-refractivity contribution is -0.561. The van der Waals surface area contributed by atoms with Crippen LogP contribution in [0.1, 0.15) is 173 Å². The summed E-state index contributed by atoms with van der Waals surface area (Å²) in [5, 5.41) is 0. The van der Waals surface area contributed by atoms with E-state index in [9.17, 15) is 0 Å². The Kier molecular flexibility index (Phi) is 25.5. The minimum absolute atomic E-state index is 0.177. The van der Waals surface area contributed by atoms with Gasteiger partial charge in [-0.05, 0) is 71.1 Å². The van der Waals surface area contributed by atoms with Crippen LogP contribution in [-0.4, -0.2) is 62.8 Å². The number of hydrogen-bond acceptors (Lipinski definition) is 7. The first kappa shape index (κ1) is 44.7. The number of rotatable bonds is 32. The summed E-state index contributed by atoms with van der Waals surface area (Å²) in [5.41, 5.74) is 0. The Balaban J connectivity index is 7.82. The van der Waals surface area contributed by atoms with E-state index in [2.05, 4.69) is 83.1 Å². The van der Waals surface area contributed by atoms with Gasteiger partial charge in [0.25, 0.3) is 0 Å². The van der Waals surface area contributed by atoms with Crippen LogP contribution in [-0.2, 0) is 33.2 Å². The zero-order valence-corrected chi connectivity index (χ0v) is 32.1. The van der Waals surface area contributed by atoms with Crippen molar-refractivity contribution >= 4 is 0 Å². The lowest BCUT2D eigenvalue weighted by atomic mass is 9.94. The minimum atomic E-state index is -1.71. The smallest absolute Gasteiger partial charge is 0.345 e. The molecular weight excluding hydrogens is 568 g/mol. The maximum absolute atomic E-state index is 7.24. The second kappa shape index (κ2) is 25.7. The first-order valence-electron chi connectivity index (χ1n) is 19.0. The predicted molar refractivity (Wildman–Crippen MR) is 187 cm³/mol. The molecule has 45 heavy (non-hydrogen) atoms. The predicted octanol–water partition coefficient (Wildman–Crippen LogP) is 10.8. The molecule has 7 nitrogen and oxygen atoms in total. The van der Waals surface area contributed by atoms with Crippen LogP contribution in [0.3, 0.4) is 0 Å². The molecular formula is C38H78O7. The first-order chi connectivity index (χ1) is 21.4. The Hall–Kier alpha value is -0.280. The molecule has 0 aliphatic rings. The Morgan fingerprint density at radius 2 is 1.02 bits per heavy atom. The Morgan fingerprint density at radius 1 is 0.489 bits per heavy atom. The van der Waals surface area contributed by atoms with Gasteiger partial charge in [0.1, 0.15) is 0 Å². The average molecular weight is 647 g/mol. The lowest BCUT2D eigenvalue weighted by Crippen LogP contribution is -2.76. The van der Waals surface area contributed by atoms with Gasteiger partial charge >= 0.3 is 11.8 Å². The normalized spacial score (nSPS) is 17.1. The fourth-order valence-electron chi connectivity index (χ4n) is 5.09. The van der Waals surface area contributed by atoms with Crippen molar-refractivity contribution in [1.82, 2.24) is 0 Å². The molecule has 0 aliphatic carbocycles. The molecule has 0 radical (unpaired) electrons. The third-order valence-electron chi connectivity index (χ3n) is 7.90. The van der Waals surface area contributed by atoms with Gasteiger partial charge in [0, 0.05) is 6.42 Å². The summed E-state index contributed by atoms with van der Waals surface area (Å²) >= 11 is 0. The molecule has 0 saturated heterocycles. The molecule has 4 unspecified atom stereocenters. The van der Waals surface area contributed by atoms with Crippen LogP contribution in [0.5, 0.6) is 0 Å². The third kappa shape index (κ3) is 16.1.